The molecule has 7 nitrogen and oxygen atoms in total. The Kier molecular flexibility index (Phi) is 14.7. The Morgan fingerprint density at radius 1 is 0.500 bits per heavy atom. The third-order valence-corrected chi connectivity index (χ3v) is 26.3. The van der Waals surface area contributed by atoms with Crippen LogP contribution in [0.3, 0.4) is 0 Å². The van der Waals surface area contributed by atoms with E-state index in [0.29, 0.717) is 11.5 Å². The lowest BCUT2D eigenvalue weighted by molar-refractivity contribution is -0.137. The Morgan fingerprint density at radius 3 is 1.46 bits per heavy atom. The molecule has 14 heteroatoms. The average Bonchev–Trinajstić information content (AvgIpc) is 1.31. The number of nitrogens with one attached hydrogen (secondary N) is 1. The average molecular weight is 1320 g/mol. The number of alkyl carbamates (subject to hydrolysis) is 1. The van der Waals surface area contributed by atoms with Crippen LogP contribution in [0.15, 0.2) is 240 Å². The van der Waals surface area contributed by atoms with Crippen LogP contribution >= 0.6 is 80.2 Å². The summed E-state index contributed by atoms with van der Waals surface area (Å²) in [7, 11) is 0. The number of amides is 1. The number of aromatic nitrogens is 1. The molecule has 0 saturated heterocycles. The number of para-hydroxylation sites is 1. The number of ether oxygens (including phenoxy) is 3. The summed E-state index contributed by atoms with van der Waals surface area (Å²) in [6.45, 7) is 3.73. The number of hydrogen-bond donors (Lipinski definition) is 1. The molecule has 0 bridgehead atoms. The number of rotatable bonds is 13. The summed E-state index contributed by atoms with van der Waals surface area (Å²) >= 11 is 12.5. The molecular weight excluding hydrogens is 1270 g/mol. The molecular formula is C78H52N2O5S7. The van der Waals surface area contributed by atoms with E-state index in [-0.39, 0.29) is 26.4 Å². The summed E-state index contributed by atoms with van der Waals surface area (Å²) < 4.78 is 31.4. The zero-order chi connectivity index (χ0) is 61.4. The van der Waals surface area contributed by atoms with E-state index >= 15 is 0 Å². The lowest BCUT2D eigenvalue weighted by atomic mass is 9.87. The lowest BCUT2D eigenvalue weighted by Crippen LogP contribution is -2.41. The minimum absolute atomic E-state index is 0.00133. The Labute approximate surface area is 557 Å². The second kappa shape index (κ2) is 23.7. The zero-order valence-electron chi connectivity index (χ0n) is 49.2. The van der Waals surface area contributed by atoms with Crippen molar-refractivity contribution in [1.82, 2.24) is 10.3 Å². The second-order valence-electron chi connectivity index (χ2n) is 23.1. The number of hydrogen-bond acceptors (Lipinski definition) is 13. The third kappa shape index (κ3) is 10.1. The molecule has 0 aliphatic carbocycles. The first-order valence-corrected chi connectivity index (χ1v) is 36.3. The summed E-state index contributed by atoms with van der Waals surface area (Å²) in [5.41, 5.74) is 10.9. The quantitative estimate of drug-likeness (QED) is 0.0529. The summed E-state index contributed by atoms with van der Waals surface area (Å²) in [6, 6.07) is 79.9. The van der Waals surface area contributed by atoms with Crippen LogP contribution in [0.4, 0.5) is 4.79 Å². The van der Waals surface area contributed by atoms with Gasteiger partial charge in [0.1, 0.15) is 19.0 Å². The van der Waals surface area contributed by atoms with Crippen molar-refractivity contribution in [1.29, 1.82) is 0 Å². The van der Waals surface area contributed by atoms with Crippen LogP contribution in [0, 0.1) is 5.41 Å². The number of thioether (sulfide) groups is 2. The van der Waals surface area contributed by atoms with Gasteiger partial charge in [0, 0.05) is 131 Å². The monoisotopic (exact) mass is 1320 g/mol. The molecule has 0 fully saturated rings. The minimum Gasteiger partial charge on any atom is -0.492 e. The van der Waals surface area contributed by atoms with E-state index in [4.69, 9.17) is 19.2 Å². The van der Waals surface area contributed by atoms with Crippen molar-refractivity contribution in [3.63, 3.8) is 0 Å². The molecule has 1 N–H and O–H groups in total. The number of thiazole rings is 1. The van der Waals surface area contributed by atoms with E-state index in [1.54, 1.807) is 23.1 Å². The van der Waals surface area contributed by atoms with Gasteiger partial charge in [0.15, 0.2) is 4.34 Å². The number of thiophene rings is 4. The molecule has 11 aromatic carbocycles. The van der Waals surface area contributed by atoms with Gasteiger partial charge in [-0.3, -0.25) is 0 Å². The Morgan fingerprint density at radius 2 is 0.935 bits per heavy atom. The van der Waals surface area contributed by atoms with Crippen molar-refractivity contribution < 1.29 is 23.8 Å². The van der Waals surface area contributed by atoms with Crippen molar-refractivity contribution in [2.75, 3.05) is 37.9 Å². The number of fused-ring (bicyclic) bond motifs is 16. The zero-order valence-corrected chi connectivity index (χ0v) is 54.9. The van der Waals surface area contributed by atoms with Crippen LogP contribution in [0.1, 0.15) is 0 Å². The van der Waals surface area contributed by atoms with Crippen molar-refractivity contribution in [2.45, 2.75) is 9.24 Å². The minimum atomic E-state index is -0.844. The van der Waals surface area contributed by atoms with Crippen molar-refractivity contribution >= 4 is 183 Å². The molecule has 16 aromatic rings. The highest BCUT2D eigenvalue weighted by molar-refractivity contribution is 8.01. The molecule has 1 unspecified atom stereocenters. The van der Waals surface area contributed by atoms with Crippen LogP contribution < -0.4 is 10.1 Å². The van der Waals surface area contributed by atoms with Gasteiger partial charge < -0.3 is 19.5 Å². The van der Waals surface area contributed by atoms with Gasteiger partial charge in [-0.05, 0) is 88.5 Å². The first kappa shape index (κ1) is 57.1. The van der Waals surface area contributed by atoms with Gasteiger partial charge in [0.25, 0.3) is 0 Å². The predicted molar refractivity (Wildman–Crippen MR) is 395 cm³/mol. The third-order valence-electron chi connectivity index (χ3n) is 17.4. The number of benzene rings is 11. The highest BCUT2D eigenvalue weighted by atomic mass is 32.2. The second-order valence-corrected chi connectivity index (χ2v) is 30.6. The number of carbonyl (C=O) groups excluding carboxylic acids is 2. The fraction of sp³-hybridized carbons (Fsp3) is 0.0897. The number of nitrogens with zero attached hydrogens (tertiary/aromatic N) is 1. The van der Waals surface area contributed by atoms with Gasteiger partial charge in [0.05, 0.1) is 28.8 Å². The summed E-state index contributed by atoms with van der Waals surface area (Å²) in [4.78, 5) is 32.4. The maximum Gasteiger partial charge on any atom is 0.407 e. The van der Waals surface area contributed by atoms with E-state index in [1.807, 2.05) is 63.2 Å². The molecule has 0 radical (unpaired) electrons. The van der Waals surface area contributed by atoms with Gasteiger partial charge in [-0.25, -0.2) is 14.6 Å². The van der Waals surface area contributed by atoms with E-state index < -0.39 is 17.5 Å². The van der Waals surface area contributed by atoms with Gasteiger partial charge in [0.2, 0.25) is 0 Å². The maximum atomic E-state index is 14.1. The van der Waals surface area contributed by atoms with Crippen molar-refractivity contribution in [3.8, 4) is 61.4 Å². The van der Waals surface area contributed by atoms with Crippen LogP contribution in [0.5, 0.6) is 5.75 Å². The number of carbonyl (C=O) groups is 2. The summed E-state index contributed by atoms with van der Waals surface area (Å²) in [5, 5.41) is 12.6. The first-order chi connectivity index (χ1) is 45.3. The fourth-order valence-electron chi connectivity index (χ4n) is 13.0. The molecule has 446 valence electrons. The van der Waals surface area contributed by atoms with E-state index in [9.17, 15) is 9.59 Å². The molecule has 1 atom stereocenters. The highest BCUT2D eigenvalue weighted by Gasteiger charge is 2.38. The molecule has 1 amide bonds. The molecule has 0 saturated carbocycles. The fourth-order valence-corrected chi connectivity index (χ4v) is 21.7. The smallest absolute Gasteiger partial charge is 0.407 e. The Hall–Kier alpha value is -8.83. The van der Waals surface area contributed by atoms with Crippen LogP contribution in [0.2, 0.25) is 0 Å². The van der Waals surface area contributed by atoms with Gasteiger partial charge in [-0.15, -0.1) is 68.4 Å². The maximum absolute atomic E-state index is 14.1. The normalized spacial score (nSPS) is 14.2. The molecule has 1 aliphatic rings. The molecule has 1 aliphatic heterocycles. The van der Waals surface area contributed by atoms with Crippen LogP contribution in [-0.4, -0.2) is 54.9 Å². The van der Waals surface area contributed by atoms with Gasteiger partial charge in [-0.2, -0.15) is 0 Å². The molecule has 6 heterocycles. The van der Waals surface area contributed by atoms with Gasteiger partial charge in [-0.1, -0.05) is 176 Å². The lowest BCUT2D eigenvalue weighted by Gasteiger charge is -2.32. The molecule has 0 spiro atoms. The van der Waals surface area contributed by atoms with Crippen LogP contribution in [0.25, 0.3) is 147 Å². The Bertz CT molecular complexity index is 5360. The first-order valence-electron chi connectivity index (χ1n) is 30.2. The standard InChI is InChI=1S/C78H52N2O5S7/c1-2-69(81)83-36-35-79-76(82)85-42-78(44-87-77-80-63-29-7-12-34-68(63)92-77)41-84-70-59(57-27-15-25-55-51-19-5-10-32-66(51)90-74(55)57)37-45(47-21-13-23-53-49-17-3-8-30-64(49)88-72(47)53)38-60(70)62-40-46(48-22-14-24-54-50-18-4-9-31-65(50)89-73(48)54)39-61(71(62)86-43-78)58-28-16-26-56-52-20-6-11-33-67(52)91-75(56)58/h2-34,37-40H,1,35-36,41-44H2,(H,79,82). The summed E-state index contributed by atoms with van der Waals surface area (Å²) in [5.74, 6) is 1.17. The summed E-state index contributed by atoms with van der Waals surface area (Å²) in [6.07, 6.45) is 0.488. The Balaban J connectivity index is 0.961. The van der Waals surface area contributed by atoms with E-state index in [2.05, 4.69) is 224 Å². The van der Waals surface area contributed by atoms with Crippen molar-refractivity contribution in [3.05, 3.63) is 231 Å². The molecule has 92 heavy (non-hydrogen) atoms. The predicted octanol–water partition coefficient (Wildman–Crippen LogP) is 22.8. The molecule has 5 aromatic heterocycles. The number of esters is 1. The van der Waals surface area contributed by atoms with Crippen LogP contribution in [-0.2, 0) is 14.3 Å². The van der Waals surface area contributed by atoms with E-state index in [1.165, 1.54) is 80.7 Å². The highest BCUT2D eigenvalue weighted by Crippen LogP contribution is 2.56. The topological polar surface area (TPSA) is 86.8 Å². The molecule has 17 rings (SSSR count). The van der Waals surface area contributed by atoms with Crippen molar-refractivity contribution in [2.24, 2.45) is 5.41 Å². The van der Waals surface area contributed by atoms with Gasteiger partial charge >= 0.3 is 12.1 Å². The largest absolute Gasteiger partial charge is 0.492 e. The van der Waals surface area contributed by atoms with E-state index in [0.717, 1.165) is 86.9 Å². The SMILES string of the molecule is C=CC(=O)OCCNC(=O)OCC1(CSc2nc3ccccc3s2)COc2c(cc(-c3cccc4c3sc3ccccc34)cc2-c2cccc3c2sc2ccccc23)-c2cc(-c3cccc4c3sc3ccccc34)cc(-c3cccc4c3sc3ccccc34)c2SC1.